The lowest BCUT2D eigenvalue weighted by Gasteiger charge is -2.03. The number of carbonyl (C=O) groups excluding carboxylic acids is 2. The summed E-state index contributed by atoms with van der Waals surface area (Å²) in [5.74, 6) is -0.964. The first-order valence-electron chi connectivity index (χ1n) is 4.09. The van der Waals surface area contributed by atoms with Gasteiger partial charge in [0, 0.05) is 6.20 Å². The Morgan fingerprint density at radius 2 is 2.29 bits per heavy atom. The van der Waals surface area contributed by atoms with Crippen LogP contribution in [0.2, 0.25) is 0 Å². The molecule has 1 aromatic heterocycles. The maximum atomic E-state index is 11.4. The van der Waals surface area contributed by atoms with Crippen LogP contribution >= 0.6 is 0 Å². The number of aryl methyl sites for hydroxylation is 1. The molecule has 1 aromatic rings. The predicted molar refractivity (Wildman–Crippen MR) is 50.5 cm³/mol. The van der Waals surface area contributed by atoms with Gasteiger partial charge in [-0.25, -0.2) is 0 Å². The van der Waals surface area contributed by atoms with E-state index >= 15 is 0 Å². The molecule has 0 saturated heterocycles. The van der Waals surface area contributed by atoms with Crippen molar-refractivity contribution >= 4 is 11.8 Å². The molecular formula is C9H11N3O2. The topological polar surface area (TPSA) is 85.1 Å². The second-order valence-electron chi connectivity index (χ2n) is 2.82. The summed E-state index contributed by atoms with van der Waals surface area (Å²) in [6.07, 6.45) is 1.52. The van der Waals surface area contributed by atoms with Crippen LogP contribution in [0.3, 0.4) is 0 Å². The molecule has 0 fully saturated rings. The molecule has 1 rings (SSSR count). The zero-order valence-corrected chi connectivity index (χ0v) is 7.78. The van der Waals surface area contributed by atoms with Crippen molar-refractivity contribution in [1.82, 2.24) is 10.3 Å². The van der Waals surface area contributed by atoms with Crippen LogP contribution < -0.4 is 11.1 Å². The highest BCUT2D eigenvalue weighted by Gasteiger charge is 2.09. The number of nitrogens with two attached hydrogens (primary N) is 1. The Morgan fingerprint density at radius 3 is 2.86 bits per heavy atom. The molecule has 14 heavy (non-hydrogen) atoms. The Labute approximate surface area is 81.3 Å². The van der Waals surface area contributed by atoms with E-state index in [1.165, 1.54) is 6.20 Å². The summed E-state index contributed by atoms with van der Waals surface area (Å²) in [6.45, 7) is 1.60. The number of primary amides is 1. The molecule has 0 unspecified atom stereocenters. The minimum atomic E-state index is -0.577. The largest absolute Gasteiger partial charge is 0.368 e. The molecule has 1 heterocycles. The lowest BCUT2D eigenvalue weighted by molar-refractivity contribution is -0.117. The van der Waals surface area contributed by atoms with Gasteiger partial charge in [-0.05, 0) is 18.6 Å². The third-order valence-electron chi connectivity index (χ3n) is 1.65. The number of nitrogens with zero attached hydrogens (tertiary/aromatic N) is 1. The van der Waals surface area contributed by atoms with E-state index in [0.29, 0.717) is 5.69 Å². The monoisotopic (exact) mass is 193 g/mol. The van der Waals surface area contributed by atoms with Crippen molar-refractivity contribution in [2.24, 2.45) is 5.73 Å². The van der Waals surface area contributed by atoms with Gasteiger partial charge in [0.15, 0.2) is 0 Å². The summed E-state index contributed by atoms with van der Waals surface area (Å²) < 4.78 is 0. The van der Waals surface area contributed by atoms with Gasteiger partial charge in [0.25, 0.3) is 5.91 Å². The lowest BCUT2D eigenvalue weighted by Crippen LogP contribution is -2.34. The van der Waals surface area contributed by atoms with E-state index in [9.17, 15) is 9.59 Å². The lowest BCUT2D eigenvalue weighted by atomic mass is 10.2. The zero-order chi connectivity index (χ0) is 10.6. The van der Waals surface area contributed by atoms with Crippen LogP contribution in [0.25, 0.3) is 0 Å². The number of hydrogen-bond acceptors (Lipinski definition) is 3. The first-order valence-corrected chi connectivity index (χ1v) is 4.09. The molecule has 3 N–H and O–H groups in total. The molecule has 0 radical (unpaired) electrons. The predicted octanol–water partition coefficient (Wildman–Crippen LogP) is -0.395. The van der Waals surface area contributed by atoms with Gasteiger partial charge in [0.1, 0.15) is 5.69 Å². The van der Waals surface area contributed by atoms with Gasteiger partial charge in [-0.15, -0.1) is 0 Å². The van der Waals surface area contributed by atoms with Crippen LogP contribution in [0.15, 0.2) is 18.3 Å². The highest BCUT2D eigenvalue weighted by molar-refractivity contribution is 5.95. The van der Waals surface area contributed by atoms with E-state index in [2.05, 4.69) is 10.3 Å². The van der Waals surface area contributed by atoms with Crippen LogP contribution in [0.4, 0.5) is 0 Å². The van der Waals surface area contributed by atoms with Crippen molar-refractivity contribution in [2.45, 2.75) is 6.92 Å². The summed E-state index contributed by atoms with van der Waals surface area (Å²) in [6, 6.07) is 3.51. The third-order valence-corrected chi connectivity index (χ3v) is 1.65. The average Bonchev–Trinajstić information content (AvgIpc) is 2.15. The molecule has 0 spiro atoms. The smallest absolute Gasteiger partial charge is 0.270 e. The summed E-state index contributed by atoms with van der Waals surface area (Å²) in [4.78, 5) is 25.7. The second-order valence-corrected chi connectivity index (χ2v) is 2.82. The molecule has 0 aliphatic carbocycles. The zero-order valence-electron chi connectivity index (χ0n) is 7.78. The molecule has 0 aliphatic rings. The number of aromatic nitrogens is 1. The average molecular weight is 193 g/mol. The van der Waals surface area contributed by atoms with Gasteiger partial charge in [0.2, 0.25) is 5.91 Å². The highest BCUT2D eigenvalue weighted by atomic mass is 16.2. The molecule has 5 heteroatoms. The molecule has 74 valence electrons. The fraction of sp³-hybridized carbons (Fsp3) is 0.222. The quantitative estimate of drug-likeness (QED) is 0.685. The van der Waals surface area contributed by atoms with Crippen LogP contribution in [0, 0.1) is 6.92 Å². The van der Waals surface area contributed by atoms with Crippen molar-refractivity contribution in [2.75, 3.05) is 6.54 Å². The molecule has 2 amide bonds. The Hall–Kier alpha value is -1.91. The van der Waals surface area contributed by atoms with Crippen molar-refractivity contribution < 1.29 is 9.59 Å². The fourth-order valence-electron chi connectivity index (χ4n) is 0.975. The van der Waals surface area contributed by atoms with E-state index in [0.717, 1.165) is 5.56 Å². The van der Waals surface area contributed by atoms with Gasteiger partial charge in [-0.2, -0.15) is 0 Å². The normalized spacial score (nSPS) is 9.50. The molecular weight excluding hydrogens is 182 g/mol. The molecule has 0 aromatic carbocycles. The van der Waals surface area contributed by atoms with Gasteiger partial charge < -0.3 is 11.1 Å². The van der Waals surface area contributed by atoms with Crippen LogP contribution in [0.1, 0.15) is 16.1 Å². The molecule has 0 saturated carbocycles. The summed E-state index contributed by atoms with van der Waals surface area (Å²) in [7, 11) is 0. The van der Waals surface area contributed by atoms with E-state index < -0.39 is 5.91 Å². The van der Waals surface area contributed by atoms with E-state index in [4.69, 9.17) is 5.73 Å². The maximum absolute atomic E-state index is 11.4. The summed E-state index contributed by atoms with van der Waals surface area (Å²) in [5.41, 5.74) is 5.96. The first kappa shape index (κ1) is 10.2. The Bertz CT molecular complexity index is 363. The Kier molecular flexibility index (Phi) is 3.17. The second kappa shape index (κ2) is 4.36. The van der Waals surface area contributed by atoms with E-state index in [-0.39, 0.29) is 12.5 Å². The van der Waals surface area contributed by atoms with Gasteiger partial charge in [-0.3, -0.25) is 14.6 Å². The van der Waals surface area contributed by atoms with Crippen LogP contribution in [0.5, 0.6) is 0 Å². The maximum Gasteiger partial charge on any atom is 0.270 e. The SMILES string of the molecule is Cc1cccnc1C(=O)NCC(N)=O. The summed E-state index contributed by atoms with van der Waals surface area (Å²) >= 11 is 0. The number of pyridine rings is 1. The molecule has 0 aliphatic heterocycles. The molecule has 0 atom stereocenters. The van der Waals surface area contributed by atoms with Gasteiger partial charge >= 0.3 is 0 Å². The minimum absolute atomic E-state index is 0.172. The van der Waals surface area contributed by atoms with Crippen molar-refractivity contribution in [3.8, 4) is 0 Å². The Balaban J connectivity index is 2.70. The number of nitrogens with one attached hydrogen (secondary N) is 1. The van der Waals surface area contributed by atoms with Crippen LogP contribution in [-0.4, -0.2) is 23.3 Å². The van der Waals surface area contributed by atoms with Gasteiger partial charge in [0.05, 0.1) is 6.54 Å². The highest BCUT2D eigenvalue weighted by Crippen LogP contribution is 2.01. The number of amides is 2. The van der Waals surface area contributed by atoms with Gasteiger partial charge in [-0.1, -0.05) is 6.07 Å². The van der Waals surface area contributed by atoms with Crippen LogP contribution in [-0.2, 0) is 4.79 Å². The Morgan fingerprint density at radius 1 is 1.57 bits per heavy atom. The molecule has 5 nitrogen and oxygen atoms in total. The number of hydrogen-bond donors (Lipinski definition) is 2. The third kappa shape index (κ3) is 2.55. The van der Waals surface area contributed by atoms with E-state index in [1.54, 1.807) is 19.1 Å². The molecule has 0 bridgehead atoms. The standard InChI is InChI=1S/C9H11N3O2/c1-6-3-2-4-11-8(6)9(14)12-5-7(10)13/h2-4H,5H2,1H3,(H2,10,13)(H,12,14). The van der Waals surface area contributed by atoms with Crippen molar-refractivity contribution in [1.29, 1.82) is 0 Å². The number of carbonyl (C=O) groups is 2. The minimum Gasteiger partial charge on any atom is -0.368 e. The fourth-order valence-corrected chi connectivity index (χ4v) is 0.975. The van der Waals surface area contributed by atoms with Crippen molar-refractivity contribution in [3.63, 3.8) is 0 Å². The number of rotatable bonds is 3. The van der Waals surface area contributed by atoms with E-state index in [1.807, 2.05) is 0 Å². The summed E-state index contributed by atoms with van der Waals surface area (Å²) in [5, 5.41) is 2.36. The first-order chi connectivity index (χ1) is 6.61. The van der Waals surface area contributed by atoms with Crippen molar-refractivity contribution in [3.05, 3.63) is 29.6 Å².